The molecule has 3 heteroatoms. The Morgan fingerprint density at radius 1 is 1.20 bits per heavy atom. The number of piperidine rings is 1. The molecule has 1 aliphatic carbocycles. The Labute approximate surface area is 90.7 Å². The van der Waals surface area contributed by atoms with Gasteiger partial charge in [-0.05, 0) is 63.1 Å². The standard InChI is InChI=1S/C12H19N3/c1-2-10-11(3-1)14-15-12(10)8-9-4-6-13-7-5-9/h9,13H,1-8H2,(H,14,15). The third kappa shape index (κ3) is 1.81. The van der Waals surface area contributed by atoms with Crippen LogP contribution in [-0.4, -0.2) is 23.3 Å². The van der Waals surface area contributed by atoms with Crippen molar-refractivity contribution in [1.82, 2.24) is 15.5 Å². The Bertz CT molecular complexity index is 337. The fraction of sp³-hybridized carbons (Fsp3) is 0.750. The number of nitrogens with zero attached hydrogens (tertiary/aromatic N) is 1. The fourth-order valence-corrected chi connectivity index (χ4v) is 2.92. The SMILES string of the molecule is C1Cc2[nH]nc(CC3CCNCC3)c2C1. The van der Waals surface area contributed by atoms with Gasteiger partial charge in [0.2, 0.25) is 0 Å². The monoisotopic (exact) mass is 205 g/mol. The first-order valence-corrected chi connectivity index (χ1v) is 6.19. The number of H-pyrrole nitrogens is 1. The van der Waals surface area contributed by atoms with Crippen LogP contribution in [0.25, 0.3) is 0 Å². The molecule has 0 bridgehead atoms. The minimum atomic E-state index is 0.860. The van der Waals surface area contributed by atoms with E-state index in [-0.39, 0.29) is 0 Å². The summed E-state index contributed by atoms with van der Waals surface area (Å²) < 4.78 is 0. The lowest BCUT2D eigenvalue weighted by Gasteiger charge is -2.21. The van der Waals surface area contributed by atoms with Crippen molar-refractivity contribution < 1.29 is 0 Å². The third-order valence-electron chi connectivity index (χ3n) is 3.83. The molecule has 3 rings (SSSR count). The number of aromatic nitrogens is 2. The normalized spacial score (nSPS) is 21.9. The van der Waals surface area contributed by atoms with Crippen LogP contribution >= 0.6 is 0 Å². The molecular formula is C12H19N3. The highest BCUT2D eigenvalue weighted by molar-refractivity contribution is 5.29. The third-order valence-corrected chi connectivity index (χ3v) is 3.83. The zero-order valence-electron chi connectivity index (χ0n) is 9.18. The molecule has 0 amide bonds. The van der Waals surface area contributed by atoms with Crippen LogP contribution in [0.4, 0.5) is 0 Å². The molecule has 0 spiro atoms. The molecule has 0 unspecified atom stereocenters. The van der Waals surface area contributed by atoms with Gasteiger partial charge >= 0.3 is 0 Å². The zero-order chi connectivity index (χ0) is 10.1. The summed E-state index contributed by atoms with van der Waals surface area (Å²) in [5, 5.41) is 11.1. The summed E-state index contributed by atoms with van der Waals surface area (Å²) in [5.74, 6) is 0.860. The molecule has 1 aromatic heterocycles. The van der Waals surface area contributed by atoms with Crippen LogP contribution in [0.15, 0.2) is 0 Å². The summed E-state index contributed by atoms with van der Waals surface area (Å²) in [6.07, 6.45) is 7.64. The molecule has 15 heavy (non-hydrogen) atoms. The van der Waals surface area contributed by atoms with Gasteiger partial charge in [-0.25, -0.2) is 0 Å². The van der Waals surface area contributed by atoms with E-state index < -0.39 is 0 Å². The maximum absolute atomic E-state index is 4.49. The van der Waals surface area contributed by atoms with Gasteiger partial charge in [-0.15, -0.1) is 0 Å². The molecular weight excluding hydrogens is 186 g/mol. The summed E-state index contributed by atoms with van der Waals surface area (Å²) in [5.41, 5.74) is 4.34. The number of rotatable bonds is 2. The van der Waals surface area contributed by atoms with Gasteiger partial charge in [-0.2, -0.15) is 5.10 Å². The Kier molecular flexibility index (Phi) is 2.49. The van der Waals surface area contributed by atoms with E-state index in [1.165, 1.54) is 63.0 Å². The second-order valence-electron chi connectivity index (χ2n) is 4.88. The van der Waals surface area contributed by atoms with E-state index in [2.05, 4.69) is 15.5 Å². The van der Waals surface area contributed by atoms with Crippen LogP contribution < -0.4 is 5.32 Å². The summed E-state index contributed by atoms with van der Waals surface area (Å²) in [7, 11) is 0. The molecule has 1 aliphatic heterocycles. The van der Waals surface area contributed by atoms with E-state index in [4.69, 9.17) is 0 Å². The smallest absolute Gasteiger partial charge is 0.0659 e. The molecule has 0 atom stereocenters. The van der Waals surface area contributed by atoms with Crippen LogP contribution in [0.1, 0.15) is 36.2 Å². The summed E-state index contributed by atoms with van der Waals surface area (Å²) >= 11 is 0. The predicted molar refractivity (Wildman–Crippen MR) is 59.9 cm³/mol. The lowest BCUT2D eigenvalue weighted by molar-refractivity contribution is 0.369. The Hall–Kier alpha value is -0.830. The predicted octanol–water partition coefficient (Wildman–Crippen LogP) is 1.44. The second-order valence-corrected chi connectivity index (χ2v) is 4.88. The van der Waals surface area contributed by atoms with Crippen LogP contribution in [0.5, 0.6) is 0 Å². The molecule has 82 valence electrons. The molecule has 1 aromatic rings. The number of hydrogen-bond acceptors (Lipinski definition) is 2. The van der Waals surface area contributed by atoms with Crippen molar-refractivity contribution in [3.05, 3.63) is 17.0 Å². The highest BCUT2D eigenvalue weighted by Crippen LogP contribution is 2.26. The largest absolute Gasteiger partial charge is 0.317 e. The van der Waals surface area contributed by atoms with Crippen molar-refractivity contribution in [2.75, 3.05) is 13.1 Å². The van der Waals surface area contributed by atoms with E-state index >= 15 is 0 Å². The van der Waals surface area contributed by atoms with Crippen LogP contribution in [0, 0.1) is 5.92 Å². The Morgan fingerprint density at radius 2 is 2.07 bits per heavy atom. The topological polar surface area (TPSA) is 40.7 Å². The number of nitrogens with one attached hydrogen (secondary N) is 2. The first-order chi connectivity index (χ1) is 7.43. The molecule has 1 fully saturated rings. The first kappa shape index (κ1) is 9.40. The number of aryl methyl sites for hydroxylation is 1. The second kappa shape index (κ2) is 3.97. The van der Waals surface area contributed by atoms with Gasteiger partial charge in [0.05, 0.1) is 5.69 Å². The lowest BCUT2D eigenvalue weighted by atomic mass is 9.92. The van der Waals surface area contributed by atoms with Gasteiger partial charge in [-0.3, -0.25) is 5.10 Å². The molecule has 2 aliphatic rings. The molecule has 1 saturated heterocycles. The molecule has 0 radical (unpaired) electrons. The molecule has 3 nitrogen and oxygen atoms in total. The molecule has 0 aromatic carbocycles. The Morgan fingerprint density at radius 3 is 2.93 bits per heavy atom. The van der Waals surface area contributed by atoms with E-state index in [0.29, 0.717) is 0 Å². The summed E-state index contributed by atoms with van der Waals surface area (Å²) in [6.45, 7) is 2.38. The quantitative estimate of drug-likeness (QED) is 0.767. The number of hydrogen-bond donors (Lipinski definition) is 2. The van der Waals surface area contributed by atoms with E-state index in [9.17, 15) is 0 Å². The van der Waals surface area contributed by atoms with Gasteiger partial charge in [0.25, 0.3) is 0 Å². The average Bonchev–Trinajstić information content (AvgIpc) is 2.85. The first-order valence-electron chi connectivity index (χ1n) is 6.19. The van der Waals surface area contributed by atoms with Crippen LogP contribution in [-0.2, 0) is 19.3 Å². The van der Waals surface area contributed by atoms with Gasteiger partial charge in [-0.1, -0.05) is 0 Å². The van der Waals surface area contributed by atoms with Crippen molar-refractivity contribution >= 4 is 0 Å². The van der Waals surface area contributed by atoms with E-state index in [1.54, 1.807) is 5.56 Å². The minimum absolute atomic E-state index is 0.860. The van der Waals surface area contributed by atoms with E-state index in [0.717, 1.165) is 5.92 Å². The summed E-state index contributed by atoms with van der Waals surface area (Å²) in [4.78, 5) is 0. The maximum Gasteiger partial charge on any atom is 0.0659 e. The van der Waals surface area contributed by atoms with Crippen LogP contribution in [0.3, 0.4) is 0 Å². The Balaban J connectivity index is 1.70. The van der Waals surface area contributed by atoms with Crippen molar-refractivity contribution in [3.63, 3.8) is 0 Å². The highest BCUT2D eigenvalue weighted by atomic mass is 15.1. The van der Waals surface area contributed by atoms with Gasteiger partial charge in [0.15, 0.2) is 0 Å². The van der Waals surface area contributed by atoms with Gasteiger partial charge in [0.1, 0.15) is 0 Å². The lowest BCUT2D eigenvalue weighted by Crippen LogP contribution is -2.28. The van der Waals surface area contributed by atoms with Crippen LogP contribution in [0.2, 0.25) is 0 Å². The van der Waals surface area contributed by atoms with Crippen molar-refractivity contribution in [3.8, 4) is 0 Å². The van der Waals surface area contributed by atoms with E-state index in [1.807, 2.05) is 0 Å². The van der Waals surface area contributed by atoms with Gasteiger partial charge in [0, 0.05) is 5.69 Å². The molecule has 2 N–H and O–H groups in total. The summed E-state index contributed by atoms with van der Waals surface area (Å²) in [6, 6.07) is 0. The van der Waals surface area contributed by atoms with Crippen molar-refractivity contribution in [2.45, 2.75) is 38.5 Å². The number of fused-ring (bicyclic) bond motifs is 1. The van der Waals surface area contributed by atoms with Gasteiger partial charge < -0.3 is 5.32 Å². The van der Waals surface area contributed by atoms with Crippen molar-refractivity contribution in [1.29, 1.82) is 0 Å². The number of aromatic amines is 1. The molecule has 2 heterocycles. The highest BCUT2D eigenvalue weighted by Gasteiger charge is 2.21. The van der Waals surface area contributed by atoms with Crippen molar-refractivity contribution in [2.24, 2.45) is 5.92 Å². The molecule has 0 saturated carbocycles. The minimum Gasteiger partial charge on any atom is -0.317 e. The average molecular weight is 205 g/mol. The maximum atomic E-state index is 4.49. The fourth-order valence-electron chi connectivity index (χ4n) is 2.92. The zero-order valence-corrected chi connectivity index (χ0v) is 9.18.